The molecule has 2 aliphatic carbocycles. The van der Waals surface area contributed by atoms with Crippen molar-refractivity contribution in [2.75, 3.05) is 18.0 Å². The summed E-state index contributed by atoms with van der Waals surface area (Å²) in [6.45, 7) is 9.28. The zero-order valence-corrected chi connectivity index (χ0v) is 14.3. The lowest BCUT2D eigenvalue weighted by Gasteiger charge is -2.34. The summed E-state index contributed by atoms with van der Waals surface area (Å²) < 4.78 is 0. The highest BCUT2D eigenvalue weighted by atomic mass is 32.1. The van der Waals surface area contributed by atoms with Crippen molar-refractivity contribution in [3.8, 4) is 0 Å². The molecule has 1 saturated heterocycles. The van der Waals surface area contributed by atoms with Gasteiger partial charge in [0.25, 0.3) is 0 Å². The van der Waals surface area contributed by atoms with Crippen LogP contribution in [0.15, 0.2) is 0 Å². The first-order valence-electron chi connectivity index (χ1n) is 8.55. The molecule has 3 nitrogen and oxygen atoms in total. The van der Waals surface area contributed by atoms with Crippen molar-refractivity contribution in [2.45, 2.75) is 65.0 Å². The summed E-state index contributed by atoms with van der Waals surface area (Å²) in [4.78, 5) is 9.22. The largest absolute Gasteiger partial charge is 0.345 e. The van der Waals surface area contributed by atoms with E-state index in [4.69, 9.17) is 4.98 Å². The van der Waals surface area contributed by atoms with Crippen molar-refractivity contribution in [3.63, 3.8) is 0 Å². The topological polar surface area (TPSA) is 28.2 Å². The molecule has 116 valence electrons. The first kappa shape index (κ1) is 14.0. The highest BCUT2D eigenvalue weighted by Crippen LogP contribution is 2.47. The lowest BCUT2D eigenvalue weighted by molar-refractivity contribution is 0.260. The van der Waals surface area contributed by atoms with Crippen LogP contribution in [0.3, 0.4) is 0 Å². The second-order valence-electron chi connectivity index (χ2n) is 7.95. The monoisotopic (exact) mass is 305 g/mol. The molecule has 0 radical (unpaired) electrons. The molecule has 21 heavy (non-hydrogen) atoms. The molecule has 1 aliphatic heterocycles. The van der Waals surface area contributed by atoms with Gasteiger partial charge in [-0.3, -0.25) is 0 Å². The Kier molecular flexibility index (Phi) is 3.30. The summed E-state index contributed by atoms with van der Waals surface area (Å²) in [6, 6.07) is 1.30. The Morgan fingerprint density at radius 3 is 2.90 bits per heavy atom. The van der Waals surface area contributed by atoms with Crippen LogP contribution in [0.5, 0.6) is 0 Å². The standard InChI is InChI=1S/C17H27N3S/c1-4-18-13-8-17(2,3)9-14-15(13)21-16(19-14)20-10-11-5-6-12(20)7-11/h11-13,18H,4-10H2,1-3H3. The SMILES string of the molecule is CCNC1CC(C)(C)Cc2nc(N3CC4CCC3C4)sc21. The molecule has 0 spiro atoms. The second kappa shape index (κ2) is 4.95. The Morgan fingerprint density at radius 2 is 2.24 bits per heavy atom. The highest BCUT2D eigenvalue weighted by Gasteiger charge is 2.41. The summed E-state index contributed by atoms with van der Waals surface area (Å²) in [5.41, 5.74) is 1.75. The van der Waals surface area contributed by atoms with Crippen molar-refractivity contribution in [2.24, 2.45) is 11.3 Å². The third-order valence-electron chi connectivity index (χ3n) is 5.54. The van der Waals surface area contributed by atoms with E-state index in [1.165, 1.54) is 47.9 Å². The van der Waals surface area contributed by atoms with Crippen LogP contribution < -0.4 is 10.2 Å². The number of fused-ring (bicyclic) bond motifs is 3. The second-order valence-corrected chi connectivity index (χ2v) is 8.96. The highest BCUT2D eigenvalue weighted by molar-refractivity contribution is 7.15. The van der Waals surface area contributed by atoms with Crippen molar-refractivity contribution < 1.29 is 0 Å². The van der Waals surface area contributed by atoms with Crippen molar-refractivity contribution in [1.29, 1.82) is 0 Å². The minimum absolute atomic E-state index is 0.370. The van der Waals surface area contributed by atoms with Gasteiger partial charge in [0.15, 0.2) is 5.13 Å². The third-order valence-corrected chi connectivity index (χ3v) is 6.79. The molecule has 3 aliphatic rings. The van der Waals surface area contributed by atoms with Gasteiger partial charge in [-0.25, -0.2) is 4.98 Å². The lowest BCUT2D eigenvalue weighted by Crippen LogP contribution is -2.32. The Balaban J connectivity index is 1.64. The fraction of sp³-hybridized carbons (Fsp3) is 0.824. The minimum Gasteiger partial charge on any atom is -0.345 e. The van der Waals surface area contributed by atoms with Crippen molar-refractivity contribution in [3.05, 3.63) is 10.6 Å². The van der Waals surface area contributed by atoms with Crippen LogP contribution in [0.4, 0.5) is 5.13 Å². The molecular formula is C17H27N3S. The number of aromatic nitrogens is 1. The van der Waals surface area contributed by atoms with E-state index >= 15 is 0 Å². The molecule has 1 aromatic heterocycles. The fourth-order valence-corrected chi connectivity index (χ4v) is 5.85. The van der Waals surface area contributed by atoms with Crippen molar-refractivity contribution in [1.82, 2.24) is 10.3 Å². The van der Waals surface area contributed by atoms with E-state index in [1.54, 1.807) is 0 Å². The number of hydrogen-bond donors (Lipinski definition) is 1. The van der Waals surface area contributed by atoms with Gasteiger partial charge in [0.2, 0.25) is 0 Å². The number of rotatable bonds is 3. The zero-order valence-electron chi connectivity index (χ0n) is 13.5. The minimum atomic E-state index is 0.370. The molecule has 4 rings (SSSR count). The maximum Gasteiger partial charge on any atom is 0.186 e. The molecule has 0 amide bonds. The van der Waals surface area contributed by atoms with E-state index in [2.05, 4.69) is 31.0 Å². The maximum atomic E-state index is 5.08. The average molecular weight is 305 g/mol. The van der Waals surface area contributed by atoms with Crippen LogP contribution in [-0.2, 0) is 6.42 Å². The van der Waals surface area contributed by atoms with Gasteiger partial charge in [0.05, 0.1) is 5.69 Å². The molecule has 0 aromatic carbocycles. The maximum absolute atomic E-state index is 5.08. The van der Waals surface area contributed by atoms with Gasteiger partial charge >= 0.3 is 0 Å². The number of nitrogens with one attached hydrogen (secondary N) is 1. The number of thiazole rings is 1. The van der Waals surface area contributed by atoms with Crippen molar-refractivity contribution >= 4 is 16.5 Å². The van der Waals surface area contributed by atoms with E-state index in [9.17, 15) is 0 Å². The molecule has 3 atom stereocenters. The van der Waals surface area contributed by atoms with Gasteiger partial charge in [-0.1, -0.05) is 32.1 Å². The molecule has 3 unspecified atom stereocenters. The van der Waals surface area contributed by atoms with Gasteiger partial charge in [-0.05, 0) is 50.0 Å². The third kappa shape index (κ3) is 2.40. The van der Waals surface area contributed by atoms with Crippen LogP contribution in [0.1, 0.15) is 63.1 Å². The predicted octanol–water partition coefficient (Wildman–Crippen LogP) is 3.75. The summed E-state index contributed by atoms with van der Waals surface area (Å²) in [6.07, 6.45) is 6.62. The van der Waals surface area contributed by atoms with Gasteiger partial charge in [-0.15, -0.1) is 0 Å². The van der Waals surface area contributed by atoms with E-state index in [0.29, 0.717) is 11.5 Å². The summed E-state index contributed by atoms with van der Waals surface area (Å²) in [5.74, 6) is 0.942. The molecule has 2 fully saturated rings. The average Bonchev–Trinajstić information content (AvgIpc) is 3.10. The number of piperidine rings is 1. The Hall–Kier alpha value is -0.610. The fourth-order valence-electron chi connectivity index (χ4n) is 4.61. The molecular weight excluding hydrogens is 278 g/mol. The van der Waals surface area contributed by atoms with Crippen LogP contribution in [0, 0.1) is 11.3 Å². The van der Waals surface area contributed by atoms with Gasteiger partial charge < -0.3 is 10.2 Å². The molecule has 2 bridgehead atoms. The van der Waals surface area contributed by atoms with Crippen LogP contribution >= 0.6 is 11.3 Å². The summed E-state index contributed by atoms with van der Waals surface area (Å²) in [7, 11) is 0. The Morgan fingerprint density at radius 1 is 1.38 bits per heavy atom. The van der Waals surface area contributed by atoms with Gasteiger partial charge in [-0.2, -0.15) is 0 Å². The van der Waals surface area contributed by atoms with Gasteiger partial charge in [0.1, 0.15) is 0 Å². The van der Waals surface area contributed by atoms with Crippen LogP contribution in [0.2, 0.25) is 0 Å². The summed E-state index contributed by atoms with van der Waals surface area (Å²) >= 11 is 1.97. The number of nitrogens with zero attached hydrogens (tertiary/aromatic N) is 2. The Bertz CT molecular complexity index is 536. The quantitative estimate of drug-likeness (QED) is 0.921. The molecule has 4 heteroatoms. The van der Waals surface area contributed by atoms with Crippen LogP contribution in [-0.4, -0.2) is 24.1 Å². The zero-order chi connectivity index (χ0) is 14.6. The van der Waals surface area contributed by atoms with E-state index in [-0.39, 0.29) is 0 Å². The smallest absolute Gasteiger partial charge is 0.186 e. The molecule has 1 N–H and O–H groups in total. The lowest BCUT2D eigenvalue weighted by atomic mass is 9.76. The number of anilines is 1. The van der Waals surface area contributed by atoms with E-state index < -0.39 is 0 Å². The predicted molar refractivity (Wildman–Crippen MR) is 89.1 cm³/mol. The molecule has 1 aromatic rings. The van der Waals surface area contributed by atoms with Gasteiger partial charge in [0, 0.05) is 23.5 Å². The normalized spacial score (nSPS) is 33.5. The first-order chi connectivity index (χ1) is 10.1. The first-order valence-corrected chi connectivity index (χ1v) is 9.37. The summed E-state index contributed by atoms with van der Waals surface area (Å²) in [5, 5.41) is 5.00. The number of hydrogen-bond acceptors (Lipinski definition) is 4. The Labute approximate surface area is 132 Å². The van der Waals surface area contributed by atoms with E-state index in [1.807, 2.05) is 11.3 Å². The molecule has 1 saturated carbocycles. The van der Waals surface area contributed by atoms with E-state index in [0.717, 1.165) is 24.9 Å². The molecule has 2 heterocycles. The van der Waals surface area contributed by atoms with Crippen LogP contribution in [0.25, 0.3) is 0 Å².